The third-order valence-electron chi connectivity index (χ3n) is 3.45. The normalized spacial score (nSPS) is 21.2. The lowest BCUT2D eigenvalue weighted by Gasteiger charge is -2.14. The summed E-state index contributed by atoms with van der Waals surface area (Å²) in [4.78, 5) is 17.5. The van der Waals surface area contributed by atoms with Gasteiger partial charge in [-0.1, -0.05) is 17.8 Å². The minimum atomic E-state index is -3.00. The van der Waals surface area contributed by atoms with Gasteiger partial charge in [-0.3, -0.25) is 9.89 Å². The fraction of sp³-hybridized carbons (Fsp3) is 0.462. The molecule has 23 heavy (non-hydrogen) atoms. The van der Waals surface area contributed by atoms with Gasteiger partial charge in [0.05, 0.1) is 21.6 Å². The molecule has 7 nitrogen and oxygen atoms in total. The van der Waals surface area contributed by atoms with Crippen LogP contribution in [0.15, 0.2) is 22.7 Å². The number of carbonyl (C=O) groups is 1. The summed E-state index contributed by atoms with van der Waals surface area (Å²) in [5.41, 5.74) is 0. The standard InChI is InChI=1S/C13H16N4O3S3/c1-8(12(18)14-9-4-6-23(19,20)7-9)22-13-15-11(16-17-13)10-3-2-5-21-10/h2-3,5,8-9H,4,6-7H2,1H3,(H,14,18)(H,15,16,17)/t8-,9+/m1/s1. The topological polar surface area (TPSA) is 105 Å². The van der Waals surface area contributed by atoms with Crippen molar-refractivity contribution < 1.29 is 13.2 Å². The molecule has 1 aliphatic heterocycles. The summed E-state index contributed by atoms with van der Waals surface area (Å²) in [7, 11) is -3.00. The Morgan fingerprint density at radius 2 is 2.39 bits per heavy atom. The van der Waals surface area contributed by atoms with Crippen molar-refractivity contribution in [3.63, 3.8) is 0 Å². The Bertz CT molecular complexity index is 785. The molecule has 1 fully saturated rings. The molecule has 0 aliphatic carbocycles. The molecular weight excluding hydrogens is 356 g/mol. The minimum absolute atomic E-state index is 0.0271. The van der Waals surface area contributed by atoms with Crippen molar-refractivity contribution in [3.8, 4) is 10.7 Å². The molecule has 1 saturated heterocycles. The van der Waals surface area contributed by atoms with Gasteiger partial charge in [0.1, 0.15) is 0 Å². The highest BCUT2D eigenvalue weighted by molar-refractivity contribution is 8.00. The molecule has 1 amide bonds. The van der Waals surface area contributed by atoms with Crippen molar-refractivity contribution in [2.75, 3.05) is 11.5 Å². The molecule has 124 valence electrons. The Morgan fingerprint density at radius 3 is 3.04 bits per heavy atom. The predicted octanol–water partition coefficient (Wildman–Crippen LogP) is 1.32. The highest BCUT2D eigenvalue weighted by Crippen LogP contribution is 2.25. The summed E-state index contributed by atoms with van der Waals surface area (Å²) in [6, 6.07) is 3.58. The van der Waals surface area contributed by atoms with E-state index < -0.39 is 15.1 Å². The molecule has 2 aromatic rings. The third-order valence-corrected chi connectivity index (χ3v) is 7.06. The minimum Gasteiger partial charge on any atom is -0.351 e. The highest BCUT2D eigenvalue weighted by atomic mass is 32.2. The van der Waals surface area contributed by atoms with Gasteiger partial charge < -0.3 is 5.32 Å². The van der Waals surface area contributed by atoms with E-state index in [4.69, 9.17) is 0 Å². The first kappa shape index (κ1) is 16.5. The molecule has 2 N–H and O–H groups in total. The lowest BCUT2D eigenvalue weighted by molar-refractivity contribution is -0.120. The van der Waals surface area contributed by atoms with E-state index >= 15 is 0 Å². The number of sulfone groups is 1. The fourth-order valence-corrected chi connectivity index (χ4v) is 5.33. The number of hydrogen-bond acceptors (Lipinski definition) is 7. The van der Waals surface area contributed by atoms with Gasteiger partial charge in [-0.25, -0.2) is 13.4 Å². The van der Waals surface area contributed by atoms with Crippen LogP contribution in [0.5, 0.6) is 0 Å². The van der Waals surface area contributed by atoms with Gasteiger partial charge in [0.15, 0.2) is 15.7 Å². The van der Waals surface area contributed by atoms with Crippen molar-refractivity contribution in [2.45, 2.75) is 29.8 Å². The van der Waals surface area contributed by atoms with E-state index in [1.165, 1.54) is 11.8 Å². The molecule has 2 atom stereocenters. The van der Waals surface area contributed by atoms with Gasteiger partial charge >= 0.3 is 0 Å². The first-order chi connectivity index (χ1) is 10.9. The number of carbonyl (C=O) groups excluding carboxylic acids is 1. The van der Waals surface area contributed by atoms with Crippen LogP contribution in [0.4, 0.5) is 0 Å². The van der Waals surface area contributed by atoms with E-state index in [1.54, 1.807) is 18.3 Å². The maximum Gasteiger partial charge on any atom is 0.233 e. The number of amides is 1. The molecule has 1 aliphatic rings. The number of aromatic nitrogens is 3. The average Bonchev–Trinajstić information content (AvgIpc) is 3.19. The second kappa shape index (κ2) is 6.62. The lowest BCUT2D eigenvalue weighted by atomic mass is 10.2. The quantitative estimate of drug-likeness (QED) is 0.767. The average molecular weight is 372 g/mol. The summed E-state index contributed by atoms with van der Waals surface area (Å²) in [5, 5.41) is 11.8. The van der Waals surface area contributed by atoms with Gasteiger partial charge in [0.25, 0.3) is 0 Å². The predicted molar refractivity (Wildman–Crippen MR) is 90.2 cm³/mol. The Morgan fingerprint density at radius 1 is 1.57 bits per heavy atom. The number of H-pyrrole nitrogens is 1. The Labute approximate surface area is 142 Å². The number of rotatable bonds is 5. The number of nitrogens with one attached hydrogen (secondary N) is 2. The number of thioether (sulfide) groups is 1. The summed E-state index contributed by atoms with van der Waals surface area (Å²) in [5.74, 6) is 0.653. The summed E-state index contributed by atoms with van der Waals surface area (Å²) >= 11 is 2.80. The van der Waals surface area contributed by atoms with E-state index in [2.05, 4.69) is 20.5 Å². The number of hydrogen-bond donors (Lipinski definition) is 2. The van der Waals surface area contributed by atoms with E-state index in [0.717, 1.165) is 4.88 Å². The van der Waals surface area contributed by atoms with Gasteiger partial charge in [-0.15, -0.1) is 16.4 Å². The van der Waals surface area contributed by atoms with Crippen LogP contribution in [-0.2, 0) is 14.6 Å². The first-order valence-corrected chi connectivity index (χ1v) is 10.6. The number of nitrogens with zero attached hydrogens (tertiary/aromatic N) is 2. The monoisotopic (exact) mass is 372 g/mol. The van der Waals surface area contributed by atoms with E-state index in [1.807, 2.05) is 17.5 Å². The molecule has 2 aromatic heterocycles. The summed E-state index contributed by atoms with van der Waals surface area (Å²) in [6.07, 6.45) is 0.481. The first-order valence-electron chi connectivity index (χ1n) is 7.07. The zero-order valence-electron chi connectivity index (χ0n) is 12.4. The van der Waals surface area contributed by atoms with Crippen LogP contribution in [0.3, 0.4) is 0 Å². The molecule has 3 heterocycles. The Hall–Kier alpha value is -1.39. The zero-order chi connectivity index (χ0) is 16.4. The van der Waals surface area contributed by atoms with Crippen molar-refractivity contribution in [2.24, 2.45) is 0 Å². The Kier molecular flexibility index (Phi) is 4.74. The van der Waals surface area contributed by atoms with Gasteiger partial charge in [0, 0.05) is 6.04 Å². The summed E-state index contributed by atoms with van der Waals surface area (Å²) in [6.45, 7) is 1.75. The zero-order valence-corrected chi connectivity index (χ0v) is 14.8. The van der Waals surface area contributed by atoms with Crippen molar-refractivity contribution in [1.29, 1.82) is 0 Å². The maximum absolute atomic E-state index is 12.2. The smallest absolute Gasteiger partial charge is 0.233 e. The molecule has 0 aromatic carbocycles. The second-order valence-electron chi connectivity index (χ2n) is 5.31. The fourth-order valence-electron chi connectivity index (χ4n) is 2.26. The van der Waals surface area contributed by atoms with Gasteiger partial charge in [-0.05, 0) is 24.8 Å². The molecule has 3 rings (SSSR count). The van der Waals surface area contributed by atoms with Crippen LogP contribution in [0.1, 0.15) is 13.3 Å². The molecular formula is C13H16N4O3S3. The Balaban J connectivity index is 1.56. The van der Waals surface area contributed by atoms with E-state index in [-0.39, 0.29) is 23.5 Å². The molecule has 0 bridgehead atoms. The third kappa shape index (κ3) is 4.12. The number of thiophene rings is 1. The van der Waals surface area contributed by atoms with Gasteiger partial charge in [0.2, 0.25) is 11.1 Å². The second-order valence-corrected chi connectivity index (χ2v) is 9.80. The van der Waals surface area contributed by atoms with Crippen LogP contribution < -0.4 is 5.32 Å². The van der Waals surface area contributed by atoms with E-state index in [9.17, 15) is 13.2 Å². The van der Waals surface area contributed by atoms with Gasteiger partial charge in [-0.2, -0.15) is 0 Å². The molecule has 10 heteroatoms. The van der Waals surface area contributed by atoms with E-state index in [0.29, 0.717) is 17.4 Å². The van der Waals surface area contributed by atoms with Crippen LogP contribution in [0.2, 0.25) is 0 Å². The van der Waals surface area contributed by atoms with Crippen LogP contribution in [-0.4, -0.2) is 52.3 Å². The van der Waals surface area contributed by atoms with Crippen LogP contribution in [0.25, 0.3) is 10.7 Å². The summed E-state index contributed by atoms with van der Waals surface area (Å²) < 4.78 is 22.8. The SMILES string of the molecule is C[C@@H](Sc1n[nH]c(-c2cccs2)n1)C(=O)N[C@H]1CCS(=O)(=O)C1. The van der Waals surface area contributed by atoms with Crippen molar-refractivity contribution in [1.82, 2.24) is 20.5 Å². The maximum atomic E-state index is 12.2. The van der Waals surface area contributed by atoms with Crippen LogP contribution in [0, 0.1) is 0 Å². The molecule has 0 unspecified atom stereocenters. The molecule has 0 saturated carbocycles. The molecule has 0 spiro atoms. The largest absolute Gasteiger partial charge is 0.351 e. The van der Waals surface area contributed by atoms with Crippen molar-refractivity contribution >= 4 is 38.8 Å². The van der Waals surface area contributed by atoms with Crippen molar-refractivity contribution in [3.05, 3.63) is 17.5 Å². The van der Waals surface area contributed by atoms with Crippen LogP contribution >= 0.6 is 23.1 Å². The number of aromatic amines is 1. The molecule has 0 radical (unpaired) electrons. The highest BCUT2D eigenvalue weighted by Gasteiger charge is 2.30. The lowest BCUT2D eigenvalue weighted by Crippen LogP contribution is -2.39.